The van der Waals surface area contributed by atoms with E-state index >= 15 is 0 Å². The largest absolute Gasteiger partial charge is 0.357 e. The van der Waals surface area contributed by atoms with Gasteiger partial charge in [0.2, 0.25) is 27.2 Å². The lowest BCUT2D eigenvalue weighted by Gasteiger charge is -2.33. The van der Waals surface area contributed by atoms with Crippen molar-refractivity contribution in [3.63, 3.8) is 0 Å². The van der Waals surface area contributed by atoms with Gasteiger partial charge in [0.15, 0.2) is 0 Å². The molecular formula is C25H28N8O2S2. The van der Waals surface area contributed by atoms with Crippen LogP contribution < -0.4 is 15.4 Å². The number of benzene rings is 2. The number of amides is 2. The number of hydrogen-bond acceptors (Lipinski definition) is 9. The monoisotopic (exact) mass is 536 g/mol. The normalized spacial score (nSPS) is 14.2. The van der Waals surface area contributed by atoms with Crippen LogP contribution in [0.4, 0.5) is 10.3 Å². The fourth-order valence-corrected chi connectivity index (χ4v) is 5.22. The molecule has 1 aliphatic rings. The standard InChI is InChI=1S/C25H28N8O2S2/c1-26-31-25(37-32-22(35)17-19-10-6-3-7-11-19)33-14-12-20(13-15-33)27-23-29-30-24(36-23)28-21(34)16-18-8-4-2-5-9-18/h2-11,20H,1,12-17H2,(H,27,29)(H,32,35)(H,28,30,34)/b31-25-. The summed E-state index contributed by atoms with van der Waals surface area (Å²) in [5.74, 6) is -0.231. The van der Waals surface area contributed by atoms with Crippen LogP contribution in [0.3, 0.4) is 0 Å². The molecule has 2 heterocycles. The van der Waals surface area contributed by atoms with Crippen LogP contribution in [-0.4, -0.2) is 57.9 Å². The smallest absolute Gasteiger partial charge is 0.234 e. The molecule has 3 aromatic rings. The average molecular weight is 537 g/mol. The van der Waals surface area contributed by atoms with Gasteiger partial charge in [-0.1, -0.05) is 72.0 Å². The second-order valence-electron chi connectivity index (χ2n) is 8.34. The molecule has 0 bridgehead atoms. The number of rotatable bonds is 8. The molecule has 0 spiro atoms. The van der Waals surface area contributed by atoms with Gasteiger partial charge in [0, 0.05) is 37.8 Å². The fraction of sp³-hybridized carbons (Fsp3) is 0.280. The predicted octanol–water partition coefficient (Wildman–Crippen LogP) is 3.57. The first kappa shape index (κ1) is 26.3. The number of carbonyl (C=O) groups excluding carboxylic acids is 2. The number of piperidine rings is 1. The van der Waals surface area contributed by atoms with E-state index in [2.05, 4.69) is 47.4 Å². The van der Waals surface area contributed by atoms with Gasteiger partial charge < -0.3 is 15.5 Å². The Morgan fingerprint density at radius 2 is 1.54 bits per heavy atom. The molecule has 0 unspecified atom stereocenters. The van der Waals surface area contributed by atoms with E-state index in [9.17, 15) is 9.59 Å². The molecule has 1 saturated heterocycles. The maximum Gasteiger partial charge on any atom is 0.234 e. The third-order valence-corrected chi connectivity index (χ3v) is 7.21. The number of amidine groups is 1. The topological polar surface area (TPSA) is 124 Å². The zero-order chi connectivity index (χ0) is 25.9. The second-order valence-corrected chi connectivity index (χ2v) is 10.1. The molecule has 192 valence electrons. The highest BCUT2D eigenvalue weighted by molar-refractivity contribution is 8.12. The maximum atomic E-state index is 12.3. The van der Waals surface area contributed by atoms with E-state index < -0.39 is 0 Å². The quantitative estimate of drug-likeness (QED) is 0.174. The van der Waals surface area contributed by atoms with Gasteiger partial charge in [0.05, 0.1) is 12.8 Å². The minimum atomic E-state index is -0.127. The van der Waals surface area contributed by atoms with E-state index in [0.29, 0.717) is 21.9 Å². The van der Waals surface area contributed by atoms with Crippen LogP contribution in [0.2, 0.25) is 0 Å². The van der Waals surface area contributed by atoms with Crippen LogP contribution in [0.5, 0.6) is 0 Å². The SMILES string of the molecule is C=N/N=C(\SNC(=O)Cc1ccccc1)N1CCC(Nc2nnc(NC(=O)Cc3ccccc3)s2)CC1. The zero-order valence-electron chi connectivity index (χ0n) is 20.2. The average Bonchev–Trinajstić information content (AvgIpc) is 3.34. The number of hydrogen-bond donors (Lipinski definition) is 3. The van der Waals surface area contributed by atoms with Crippen molar-refractivity contribution in [2.75, 3.05) is 23.7 Å². The summed E-state index contributed by atoms with van der Waals surface area (Å²) in [6.07, 6.45) is 2.26. The van der Waals surface area contributed by atoms with E-state index in [0.717, 1.165) is 49.0 Å². The Morgan fingerprint density at radius 1 is 0.946 bits per heavy atom. The predicted molar refractivity (Wildman–Crippen MR) is 150 cm³/mol. The van der Waals surface area contributed by atoms with E-state index in [4.69, 9.17) is 0 Å². The van der Waals surface area contributed by atoms with Gasteiger partial charge in [-0.15, -0.1) is 15.3 Å². The molecule has 2 amide bonds. The second kappa shape index (κ2) is 13.5. The van der Waals surface area contributed by atoms with E-state index in [1.807, 2.05) is 60.7 Å². The van der Waals surface area contributed by atoms with Gasteiger partial charge in [-0.2, -0.15) is 5.10 Å². The van der Waals surface area contributed by atoms with Crippen molar-refractivity contribution in [2.24, 2.45) is 10.2 Å². The molecule has 1 aromatic heterocycles. The Labute approximate surface area is 223 Å². The first-order valence-electron chi connectivity index (χ1n) is 11.8. The Morgan fingerprint density at radius 3 is 2.16 bits per heavy atom. The van der Waals surface area contributed by atoms with E-state index in [-0.39, 0.29) is 24.3 Å². The van der Waals surface area contributed by atoms with Crippen molar-refractivity contribution in [3.05, 3.63) is 71.8 Å². The summed E-state index contributed by atoms with van der Waals surface area (Å²) in [6.45, 7) is 4.92. The van der Waals surface area contributed by atoms with Crippen LogP contribution in [0.25, 0.3) is 0 Å². The highest BCUT2D eigenvalue weighted by Gasteiger charge is 2.24. The molecule has 0 saturated carbocycles. The molecule has 37 heavy (non-hydrogen) atoms. The molecule has 0 radical (unpaired) electrons. The molecule has 0 aliphatic carbocycles. The number of nitrogens with one attached hydrogen (secondary N) is 3. The van der Waals surface area contributed by atoms with Crippen molar-refractivity contribution in [3.8, 4) is 0 Å². The first-order chi connectivity index (χ1) is 18.1. The number of anilines is 2. The number of nitrogens with zero attached hydrogens (tertiary/aromatic N) is 5. The third-order valence-electron chi connectivity index (χ3n) is 5.59. The van der Waals surface area contributed by atoms with Gasteiger partial charge in [-0.25, -0.2) is 0 Å². The lowest BCUT2D eigenvalue weighted by atomic mass is 10.1. The van der Waals surface area contributed by atoms with Crippen molar-refractivity contribution in [1.29, 1.82) is 0 Å². The lowest BCUT2D eigenvalue weighted by Crippen LogP contribution is -2.42. The molecule has 0 atom stereocenters. The summed E-state index contributed by atoms with van der Waals surface area (Å²) >= 11 is 2.47. The molecule has 2 aromatic carbocycles. The lowest BCUT2D eigenvalue weighted by molar-refractivity contribution is -0.118. The fourth-order valence-electron chi connectivity index (χ4n) is 3.80. The van der Waals surface area contributed by atoms with Crippen LogP contribution >= 0.6 is 23.3 Å². The minimum absolute atomic E-state index is 0.104. The van der Waals surface area contributed by atoms with Crippen LogP contribution in [0.15, 0.2) is 70.9 Å². The molecule has 10 nitrogen and oxygen atoms in total. The van der Waals surface area contributed by atoms with Crippen molar-refractivity contribution in [1.82, 2.24) is 19.8 Å². The highest BCUT2D eigenvalue weighted by Crippen LogP contribution is 2.24. The van der Waals surface area contributed by atoms with E-state index in [1.165, 1.54) is 11.3 Å². The zero-order valence-corrected chi connectivity index (χ0v) is 21.8. The maximum absolute atomic E-state index is 12.3. The number of likely N-dealkylation sites (tertiary alicyclic amines) is 1. The van der Waals surface area contributed by atoms with Crippen molar-refractivity contribution in [2.45, 2.75) is 31.7 Å². The van der Waals surface area contributed by atoms with Crippen LogP contribution in [0.1, 0.15) is 24.0 Å². The molecular weight excluding hydrogens is 508 g/mol. The summed E-state index contributed by atoms with van der Waals surface area (Å²) < 4.78 is 2.85. The summed E-state index contributed by atoms with van der Waals surface area (Å²) in [5, 5.41) is 24.0. The van der Waals surface area contributed by atoms with Crippen LogP contribution in [0, 0.1) is 0 Å². The Kier molecular flexibility index (Phi) is 9.60. The summed E-state index contributed by atoms with van der Waals surface area (Å²) in [6, 6.07) is 19.3. The molecule has 1 fully saturated rings. The number of aromatic nitrogens is 2. The van der Waals surface area contributed by atoms with Crippen LogP contribution in [-0.2, 0) is 22.4 Å². The van der Waals surface area contributed by atoms with Crippen molar-refractivity contribution >= 4 is 57.2 Å². The first-order valence-corrected chi connectivity index (χ1v) is 13.4. The Balaban J connectivity index is 1.21. The van der Waals surface area contributed by atoms with E-state index in [1.54, 1.807) is 0 Å². The minimum Gasteiger partial charge on any atom is -0.357 e. The van der Waals surface area contributed by atoms with Gasteiger partial charge in [0.1, 0.15) is 0 Å². The molecule has 3 N–H and O–H groups in total. The summed E-state index contributed by atoms with van der Waals surface area (Å²) in [4.78, 5) is 26.7. The van der Waals surface area contributed by atoms with Crippen molar-refractivity contribution < 1.29 is 9.59 Å². The van der Waals surface area contributed by atoms with Gasteiger partial charge in [-0.3, -0.25) is 14.3 Å². The molecule has 4 rings (SSSR count). The summed E-state index contributed by atoms with van der Waals surface area (Å²) in [5.41, 5.74) is 1.89. The van der Waals surface area contributed by atoms with Gasteiger partial charge in [0.25, 0.3) is 0 Å². The van der Waals surface area contributed by atoms with Gasteiger partial charge >= 0.3 is 0 Å². The Bertz CT molecular complexity index is 1210. The third kappa shape index (κ3) is 8.40. The highest BCUT2D eigenvalue weighted by atomic mass is 32.2. The van der Waals surface area contributed by atoms with Gasteiger partial charge in [-0.05, 0) is 24.0 Å². The Hall–Kier alpha value is -3.77. The molecule has 1 aliphatic heterocycles. The summed E-state index contributed by atoms with van der Waals surface area (Å²) in [7, 11) is 0. The number of carbonyl (C=O) groups is 2. The molecule has 12 heteroatoms.